The molecule has 2 aromatic carbocycles. The van der Waals surface area contributed by atoms with Gasteiger partial charge in [-0.05, 0) is 31.2 Å². The summed E-state index contributed by atoms with van der Waals surface area (Å²) in [6.07, 6.45) is -4.65. The molecule has 3 rings (SSSR count). The summed E-state index contributed by atoms with van der Waals surface area (Å²) in [4.78, 5) is 25.2. The fourth-order valence-electron chi connectivity index (χ4n) is 3.31. The Balaban J connectivity index is 2.03. The van der Waals surface area contributed by atoms with Crippen LogP contribution in [0.1, 0.15) is 24.1 Å². The number of allylic oxidation sites excluding steroid dienone is 1. The molecule has 31 heavy (non-hydrogen) atoms. The highest BCUT2D eigenvalue weighted by Gasteiger charge is 2.36. The number of benzene rings is 2. The molecule has 0 saturated heterocycles. The topological polar surface area (TPSA) is 88.7 Å². The van der Waals surface area contributed by atoms with Gasteiger partial charge in [0.2, 0.25) is 0 Å². The first-order valence-electron chi connectivity index (χ1n) is 9.13. The van der Waals surface area contributed by atoms with Crippen LogP contribution in [0.25, 0.3) is 0 Å². The van der Waals surface area contributed by atoms with Crippen molar-refractivity contribution in [2.45, 2.75) is 19.1 Å². The SMILES string of the molecule is COc1ccc(C2NC(=O)NC(C)=C2C(=O)Nc2ccccc2C(F)(F)F)c(OC)c1. The standard InChI is InChI=1S/C21H20F3N3O4/c1-11-17(19(28)26-15-7-5-4-6-14(15)21(22,23)24)18(27-20(29)25-11)13-9-8-12(30-2)10-16(13)31-3/h4-10,18H,1-3H3,(H,26,28)(H2,25,27,29). The van der Waals surface area contributed by atoms with E-state index in [-0.39, 0.29) is 11.3 Å². The zero-order valence-electron chi connectivity index (χ0n) is 16.9. The van der Waals surface area contributed by atoms with Crippen molar-refractivity contribution in [2.24, 2.45) is 0 Å². The molecule has 1 unspecified atom stereocenters. The van der Waals surface area contributed by atoms with Crippen LogP contribution in [0.5, 0.6) is 11.5 Å². The van der Waals surface area contributed by atoms with Crippen molar-refractivity contribution in [2.75, 3.05) is 19.5 Å². The zero-order valence-corrected chi connectivity index (χ0v) is 16.9. The number of hydrogen-bond donors (Lipinski definition) is 3. The van der Waals surface area contributed by atoms with E-state index in [1.165, 1.54) is 33.3 Å². The van der Waals surface area contributed by atoms with Crippen molar-refractivity contribution in [3.8, 4) is 11.5 Å². The van der Waals surface area contributed by atoms with E-state index in [0.717, 1.165) is 12.1 Å². The molecule has 0 fully saturated rings. The number of ether oxygens (including phenoxy) is 2. The number of amides is 3. The van der Waals surface area contributed by atoms with Gasteiger partial charge in [0, 0.05) is 17.3 Å². The van der Waals surface area contributed by atoms with Crippen LogP contribution in [0.3, 0.4) is 0 Å². The lowest BCUT2D eigenvalue weighted by Crippen LogP contribution is -2.46. The number of nitrogens with one attached hydrogen (secondary N) is 3. The predicted octanol–water partition coefficient (Wildman–Crippen LogP) is 3.99. The summed E-state index contributed by atoms with van der Waals surface area (Å²) in [6, 6.07) is 7.94. The van der Waals surface area contributed by atoms with Crippen LogP contribution in [-0.2, 0) is 11.0 Å². The molecule has 0 saturated carbocycles. The van der Waals surface area contributed by atoms with Gasteiger partial charge in [-0.25, -0.2) is 4.79 Å². The van der Waals surface area contributed by atoms with Gasteiger partial charge < -0.3 is 25.4 Å². The molecule has 0 aromatic heterocycles. The van der Waals surface area contributed by atoms with Crippen LogP contribution in [-0.4, -0.2) is 26.2 Å². The van der Waals surface area contributed by atoms with Gasteiger partial charge >= 0.3 is 12.2 Å². The second-order valence-corrected chi connectivity index (χ2v) is 6.68. The number of halogens is 3. The third kappa shape index (κ3) is 4.57. The molecule has 0 bridgehead atoms. The number of carbonyl (C=O) groups excluding carboxylic acids is 2. The number of carbonyl (C=O) groups is 2. The number of methoxy groups -OCH3 is 2. The molecular weight excluding hydrogens is 415 g/mol. The smallest absolute Gasteiger partial charge is 0.418 e. The van der Waals surface area contributed by atoms with Crippen molar-refractivity contribution in [3.63, 3.8) is 0 Å². The van der Waals surface area contributed by atoms with Gasteiger partial charge in [0.1, 0.15) is 11.5 Å². The Morgan fingerprint density at radius 3 is 2.45 bits per heavy atom. The fourth-order valence-corrected chi connectivity index (χ4v) is 3.31. The molecule has 3 N–H and O–H groups in total. The van der Waals surface area contributed by atoms with Crippen LogP contribution in [0, 0.1) is 0 Å². The average Bonchev–Trinajstić information content (AvgIpc) is 2.72. The van der Waals surface area contributed by atoms with Crippen molar-refractivity contribution < 1.29 is 32.2 Å². The predicted molar refractivity (Wildman–Crippen MR) is 107 cm³/mol. The molecule has 10 heteroatoms. The molecule has 0 spiro atoms. The fraction of sp³-hybridized carbons (Fsp3) is 0.238. The Morgan fingerprint density at radius 1 is 1.10 bits per heavy atom. The Bertz CT molecular complexity index is 1050. The van der Waals surface area contributed by atoms with Crippen LogP contribution < -0.4 is 25.4 Å². The molecular formula is C21H20F3N3O4. The van der Waals surface area contributed by atoms with E-state index in [0.29, 0.717) is 17.1 Å². The number of anilines is 1. The Hall–Kier alpha value is -3.69. The number of para-hydroxylation sites is 1. The van der Waals surface area contributed by atoms with E-state index in [2.05, 4.69) is 16.0 Å². The molecule has 2 aromatic rings. The van der Waals surface area contributed by atoms with Crippen molar-refractivity contribution >= 4 is 17.6 Å². The van der Waals surface area contributed by atoms with Gasteiger partial charge in [-0.3, -0.25) is 4.79 Å². The second-order valence-electron chi connectivity index (χ2n) is 6.68. The van der Waals surface area contributed by atoms with Crippen LogP contribution >= 0.6 is 0 Å². The van der Waals surface area contributed by atoms with Crippen molar-refractivity contribution in [3.05, 3.63) is 64.9 Å². The first-order chi connectivity index (χ1) is 14.7. The lowest BCUT2D eigenvalue weighted by molar-refractivity contribution is -0.137. The Morgan fingerprint density at radius 2 is 1.81 bits per heavy atom. The van der Waals surface area contributed by atoms with Crippen LogP contribution in [0.15, 0.2) is 53.7 Å². The molecule has 1 aliphatic heterocycles. The lowest BCUT2D eigenvalue weighted by atomic mass is 9.93. The van der Waals surface area contributed by atoms with E-state index < -0.39 is 35.4 Å². The second kappa shape index (κ2) is 8.58. The molecule has 3 amide bonds. The molecule has 1 atom stereocenters. The normalized spacial score (nSPS) is 16.3. The van der Waals surface area contributed by atoms with Gasteiger partial charge in [0.25, 0.3) is 5.91 Å². The maximum Gasteiger partial charge on any atom is 0.418 e. The van der Waals surface area contributed by atoms with Gasteiger partial charge in [-0.1, -0.05) is 12.1 Å². The molecule has 7 nitrogen and oxygen atoms in total. The van der Waals surface area contributed by atoms with E-state index in [1.54, 1.807) is 18.2 Å². The third-order valence-electron chi connectivity index (χ3n) is 4.75. The highest BCUT2D eigenvalue weighted by Crippen LogP contribution is 2.37. The quantitative estimate of drug-likeness (QED) is 0.663. The van der Waals surface area contributed by atoms with E-state index in [9.17, 15) is 22.8 Å². The summed E-state index contributed by atoms with van der Waals surface area (Å²) in [6.45, 7) is 1.49. The maximum atomic E-state index is 13.3. The number of rotatable bonds is 5. The van der Waals surface area contributed by atoms with Crippen LogP contribution in [0.2, 0.25) is 0 Å². The minimum absolute atomic E-state index is 0.0417. The highest BCUT2D eigenvalue weighted by molar-refractivity contribution is 6.07. The summed E-state index contributed by atoms with van der Waals surface area (Å²) >= 11 is 0. The Kier molecular flexibility index (Phi) is 6.09. The first-order valence-corrected chi connectivity index (χ1v) is 9.13. The summed E-state index contributed by atoms with van der Waals surface area (Å²) < 4.78 is 50.5. The summed E-state index contributed by atoms with van der Waals surface area (Å²) in [5, 5.41) is 7.42. The lowest BCUT2D eigenvalue weighted by Gasteiger charge is -2.30. The minimum atomic E-state index is -4.65. The molecule has 1 aliphatic rings. The summed E-state index contributed by atoms with van der Waals surface area (Å²) in [5.74, 6) is 0.0246. The maximum absolute atomic E-state index is 13.3. The van der Waals surface area contributed by atoms with Gasteiger partial charge in [-0.15, -0.1) is 0 Å². The molecule has 0 aliphatic carbocycles. The number of urea groups is 1. The molecule has 164 valence electrons. The molecule has 0 radical (unpaired) electrons. The monoisotopic (exact) mass is 435 g/mol. The van der Waals surface area contributed by atoms with E-state index >= 15 is 0 Å². The number of hydrogen-bond acceptors (Lipinski definition) is 4. The largest absolute Gasteiger partial charge is 0.497 e. The van der Waals surface area contributed by atoms with Crippen molar-refractivity contribution in [1.82, 2.24) is 10.6 Å². The highest BCUT2D eigenvalue weighted by atomic mass is 19.4. The van der Waals surface area contributed by atoms with Gasteiger partial charge in [0.05, 0.1) is 37.1 Å². The first kappa shape index (κ1) is 22.0. The van der Waals surface area contributed by atoms with Crippen LogP contribution in [0.4, 0.5) is 23.7 Å². The van der Waals surface area contributed by atoms with Gasteiger partial charge in [0.15, 0.2) is 0 Å². The van der Waals surface area contributed by atoms with Gasteiger partial charge in [-0.2, -0.15) is 13.2 Å². The minimum Gasteiger partial charge on any atom is -0.497 e. The summed E-state index contributed by atoms with van der Waals surface area (Å²) in [7, 11) is 2.89. The van der Waals surface area contributed by atoms with E-state index in [4.69, 9.17) is 9.47 Å². The van der Waals surface area contributed by atoms with E-state index in [1.807, 2.05) is 0 Å². The van der Waals surface area contributed by atoms with Crippen molar-refractivity contribution in [1.29, 1.82) is 0 Å². The Labute approximate surface area is 176 Å². The average molecular weight is 435 g/mol. The molecule has 1 heterocycles. The number of alkyl halides is 3. The zero-order chi connectivity index (χ0) is 22.8. The third-order valence-corrected chi connectivity index (χ3v) is 4.75. The summed E-state index contributed by atoms with van der Waals surface area (Å²) in [5.41, 5.74) is -0.689.